The molecule has 1 N–H and O–H groups in total. The van der Waals surface area contributed by atoms with Gasteiger partial charge in [0.2, 0.25) is 0 Å². The van der Waals surface area contributed by atoms with E-state index in [1.54, 1.807) is 0 Å². The van der Waals surface area contributed by atoms with Gasteiger partial charge in [0, 0.05) is 26.0 Å². The van der Waals surface area contributed by atoms with Crippen molar-refractivity contribution in [2.24, 2.45) is 0 Å². The van der Waals surface area contributed by atoms with Crippen molar-refractivity contribution in [2.45, 2.75) is 24.8 Å². The van der Waals surface area contributed by atoms with E-state index < -0.39 is 0 Å². The first-order chi connectivity index (χ1) is 9.19. The molecular weight excluding hydrogens is 338 g/mol. The third-order valence-electron chi connectivity index (χ3n) is 2.83. The van der Waals surface area contributed by atoms with Crippen LogP contribution in [-0.4, -0.2) is 12.3 Å². The summed E-state index contributed by atoms with van der Waals surface area (Å²) in [6.45, 7) is 5.33. The number of thioether (sulfide) groups is 1. The number of nitrogens with one attached hydrogen (secondary N) is 1. The fourth-order valence-corrected chi connectivity index (χ4v) is 3.90. The predicted molar refractivity (Wildman–Crippen MR) is 90.3 cm³/mol. The van der Waals surface area contributed by atoms with Gasteiger partial charge in [0.05, 0.1) is 0 Å². The largest absolute Gasteiger partial charge is 0.309 e. The molecule has 4 heteroatoms. The SMILES string of the molecule is CCNC(CSc1ccc(Br)cc1)c1csc(C)c1. The Morgan fingerprint density at radius 2 is 2.05 bits per heavy atom. The van der Waals surface area contributed by atoms with E-state index in [9.17, 15) is 0 Å². The summed E-state index contributed by atoms with van der Waals surface area (Å²) in [7, 11) is 0. The zero-order valence-electron chi connectivity index (χ0n) is 11.2. The summed E-state index contributed by atoms with van der Waals surface area (Å²) in [5.41, 5.74) is 1.41. The molecule has 2 aromatic rings. The van der Waals surface area contributed by atoms with Crippen molar-refractivity contribution < 1.29 is 0 Å². The molecule has 0 spiro atoms. The molecule has 102 valence electrons. The highest BCUT2D eigenvalue weighted by atomic mass is 79.9. The van der Waals surface area contributed by atoms with Crippen LogP contribution in [0.2, 0.25) is 0 Å². The van der Waals surface area contributed by atoms with E-state index in [1.165, 1.54) is 15.3 Å². The third kappa shape index (κ3) is 4.63. The average Bonchev–Trinajstić information content (AvgIpc) is 2.83. The summed E-state index contributed by atoms with van der Waals surface area (Å²) in [4.78, 5) is 2.70. The molecule has 0 bridgehead atoms. The van der Waals surface area contributed by atoms with Gasteiger partial charge < -0.3 is 5.32 Å². The lowest BCUT2D eigenvalue weighted by molar-refractivity contribution is 0.607. The summed E-state index contributed by atoms with van der Waals surface area (Å²) in [6, 6.07) is 11.2. The van der Waals surface area contributed by atoms with Gasteiger partial charge in [0.25, 0.3) is 0 Å². The molecule has 1 heterocycles. The number of rotatable bonds is 6. The van der Waals surface area contributed by atoms with Crippen molar-refractivity contribution in [3.63, 3.8) is 0 Å². The monoisotopic (exact) mass is 355 g/mol. The van der Waals surface area contributed by atoms with E-state index in [2.05, 4.69) is 70.8 Å². The maximum Gasteiger partial charge on any atom is 0.0423 e. The minimum atomic E-state index is 0.434. The number of aryl methyl sites for hydroxylation is 1. The summed E-state index contributed by atoms with van der Waals surface area (Å²) < 4.78 is 1.13. The average molecular weight is 356 g/mol. The molecule has 1 aromatic heterocycles. The predicted octanol–water partition coefficient (Wildman–Crippen LogP) is 5.26. The van der Waals surface area contributed by atoms with Gasteiger partial charge in [-0.05, 0) is 54.7 Å². The molecule has 0 aliphatic heterocycles. The van der Waals surface area contributed by atoms with Crippen molar-refractivity contribution in [3.8, 4) is 0 Å². The lowest BCUT2D eigenvalue weighted by Crippen LogP contribution is -2.22. The van der Waals surface area contributed by atoms with Gasteiger partial charge in [0.1, 0.15) is 0 Å². The first kappa shape index (κ1) is 15.1. The Balaban J connectivity index is 1.99. The lowest BCUT2D eigenvalue weighted by Gasteiger charge is -2.16. The summed E-state index contributed by atoms with van der Waals surface area (Å²) in [6.07, 6.45) is 0. The zero-order valence-corrected chi connectivity index (χ0v) is 14.4. The fourth-order valence-electron chi connectivity index (χ4n) is 1.88. The van der Waals surface area contributed by atoms with E-state index in [1.807, 2.05) is 23.1 Å². The van der Waals surface area contributed by atoms with E-state index in [4.69, 9.17) is 0 Å². The first-order valence-corrected chi connectivity index (χ1v) is 9.01. The number of hydrogen-bond acceptors (Lipinski definition) is 3. The molecule has 0 aliphatic rings. The Labute approximate surface area is 131 Å². The smallest absolute Gasteiger partial charge is 0.0423 e. The third-order valence-corrected chi connectivity index (χ3v) is 5.35. The second kappa shape index (κ2) is 7.48. The maximum absolute atomic E-state index is 3.57. The van der Waals surface area contributed by atoms with Crippen molar-refractivity contribution in [1.29, 1.82) is 0 Å². The van der Waals surface area contributed by atoms with Gasteiger partial charge in [-0.25, -0.2) is 0 Å². The van der Waals surface area contributed by atoms with Crippen molar-refractivity contribution in [1.82, 2.24) is 5.32 Å². The van der Waals surface area contributed by atoms with Crippen LogP contribution in [0.15, 0.2) is 45.1 Å². The van der Waals surface area contributed by atoms with Crippen molar-refractivity contribution in [3.05, 3.63) is 50.6 Å². The number of hydrogen-bond donors (Lipinski definition) is 1. The highest BCUT2D eigenvalue weighted by Crippen LogP contribution is 2.28. The Bertz CT molecular complexity index is 507. The van der Waals surface area contributed by atoms with Crippen LogP contribution in [0.5, 0.6) is 0 Å². The molecule has 0 fully saturated rings. The number of thiophene rings is 1. The Morgan fingerprint density at radius 1 is 1.32 bits per heavy atom. The van der Waals surface area contributed by atoms with Crippen LogP contribution >= 0.6 is 39.0 Å². The molecular formula is C15H18BrNS2. The Hall–Kier alpha value is -0.290. The minimum Gasteiger partial charge on any atom is -0.309 e. The molecule has 1 aromatic carbocycles. The molecule has 19 heavy (non-hydrogen) atoms. The molecule has 0 saturated heterocycles. The fraction of sp³-hybridized carbons (Fsp3) is 0.333. The Kier molecular flexibility index (Phi) is 5.95. The highest BCUT2D eigenvalue weighted by Gasteiger charge is 2.12. The van der Waals surface area contributed by atoms with Gasteiger partial charge in [-0.15, -0.1) is 23.1 Å². The van der Waals surface area contributed by atoms with Crippen LogP contribution in [0.25, 0.3) is 0 Å². The van der Waals surface area contributed by atoms with Gasteiger partial charge in [-0.1, -0.05) is 22.9 Å². The van der Waals surface area contributed by atoms with Gasteiger partial charge in [0.15, 0.2) is 0 Å². The Morgan fingerprint density at radius 3 is 2.63 bits per heavy atom. The van der Waals surface area contributed by atoms with E-state index in [-0.39, 0.29) is 0 Å². The molecule has 1 nitrogen and oxygen atoms in total. The quantitative estimate of drug-likeness (QED) is 0.709. The standard InChI is InChI=1S/C15H18BrNS2/c1-3-17-15(12-8-11(2)18-9-12)10-19-14-6-4-13(16)5-7-14/h4-9,15,17H,3,10H2,1-2H3. The first-order valence-electron chi connectivity index (χ1n) is 6.36. The number of benzene rings is 1. The second-order valence-corrected chi connectivity index (χ2v) is 7.49. The van der Waals surface area contributed by atoms with Crippen LogP contribution in [0, 0.1) is 6.92 Å². The van der Waals surface area contributed by atoms with E-state index >= 15 is 0 Å². The molecule has 1 atom stereocenters. The maximum atomic E-state index is 3.57. The van der Waals surface area contributed by atoms with Crippen LogP contribution < -0.4 is 5.32 Å². The molecule has 0 aliphatic carbocycles. The van der Waals surface area contributed by atoms with Crippen molar-refractivity contribution in [2.75, 3.05) is 12.3 Å². The molecule has 0 amide bonds. The van der Waals surface area contributed by atoms with Gasteiger partial charge in [-0.3, -0.25) is 0 Å². The molecule has 2 rings (SSSR count). The summed E-state index contributed by atoms with van der Waals surface area (Å²) in [5.74, 6) is 1.06. The zero-order chi connectivity index (χ0) is 13.7. The van der Waals surface area contributed by atoms with Crippen LogP contribution in [0.3, 0.4) is 0 Å². The number of halogens is 1. The summed E-state index contributed by atoms with van der Waals surface area (Å²) in [5, 5.41) is 5.84. The van der Waals surface area contributed by atoms with Crippen LogP contribution in [0.1, 0.15) is 23.4 Å². The van der Waals surface area contributed by atoms with Gasteiger partial charge >= 0.3 is 0 Å². The normalized spacial score (nSPS) is 12.6. The van der Waals surface area contributed by atoms with E-state index in [0.29, 0.717) is 6.04 Å². The highest BCUT2D eigenvalue weighted by molar-refractivity contribution is 9.10. The van der Waals surface area contributed by atoms with E-state index in [0.717, 1.165) is 16.8 Å². The second-order valence-electron chi connectivity index (χ2n) is 4.37. The molecule has 0 radical (unpaired) electrons. The van der Waals surface area contributed by atoms with Crippen molar-refractivity contribution >= 4 is 39.0 Å². The van der Waals surface area contributed by atoms with Gasteiger partial charge in [-0.2, -0.15) is 0 Å². The molecule has 1 unspecified atom stereocenters. The minimum absolute atomic E-state index is 0.434. The molecule has 0 saturated carbocycles. The summed E-state index contributed by atoms with van der Waals surface area (Å²) >= 11 is 7.20. The lowest BCUT2D eigenvalue weighted by atomic mass is 10.2. The van der Waals surface area contributed by atoms with Crippen LogP contribution in [0.4, 0.5) is 0 Å². The topological polar surface area (TPSA) is 12.0 Å². The van der Waals surface area contributed by atoms with Crippen LogP contribution in [-0.2, 0) is 0 Å².